The second-order valence-electron chi connectivity index (χ2n) is 6.32. The number of nitrogens with one attached hydrogen (secondary N) is 1. The molecule has 0 aliphatic rings. The molecule has 5 nitrogen and oxygen atoms in total. The van der Waals surface area contributed by atoms with Crippen LogP contribution in [-0.2, 0) is 6.61 Å². The number of rotatable bonds is 5. The molecule has 146 valence electrons. The summed E-state index contributed by atoms with van der Waals surface area (Å²) in [6.45, 7) is 5.82. The summed E-state index contributed by atoms with van der Waals surface area (Å²) in [5.74, 6) is 0.300. The fourth-order valence-electron chi connectivity index (χ4n) is 2.69. The molecule has 0 spiro atoms. The third-order valence-corrected chi connectivity index (χ3v) is 5.40. The number of amides is 1. The highest BCUT2D eigenvalue weighted by Gasteiger charge is 2.22. The van der Waals surface area contributed by atoms with Crippen molar-refractivity contribution in [2.75, 3.05) is 5.32 Å². The quantitative estimate of drug-likeness (QED) is 0.449. The van der Waals surface area contributed by atoms with Gasteiger partial charge < -0.3 is 14.6 Å². The van der Waals surface area contributed by atoms with Crippen molar-refractivity contribution in [2.24, 2.45) is 0 Å². The van der Waals surface area contributed by atoms with E-state index in [4.69, 9.17) is 9.26 Å². The van der Waals surface area contributed by atoms with Crippen molar-refractivity contribution in [3.8, 4) is 5.75 Å². The molecule has 8 heteroatoms. The lowest BCUT2D eigenvalue weighted by molar-refractivity contribution is 0.101. The highest BCUT2D eigenvalue weighted by atomic mass is 79.9. The Labute approximate surface area is 178 Å². The van der Waals surface area contributed by atoms with Gasteiger partial charge in [0.1, 0.15) is 23.9 Å². The number of nitrogens with zero attached hydrogens (tertiary/aromatic N) is 1. The molecular weight excluding hydrogens is 495 g/mol. The monoisotopic (exact) mass is 510 g/mol. The van der Waals surface area contributed by atoms with Gasteiger partial charge in [-0.05, 0) is 76.4 Å². The summed E-state index contributed by atoms with van der Waals surface area (Å²) in [6.07, 6.45) is 0. The average Bonchev–Trinajstić information content (AvgIpc) is 2.98. The number of hydrogen-bond donors (Lipinski definition) is 1. The fraction of sp³-hybridized carbons (Fsp3) is 0.200. The Morgan fingerprint density at radius 2 is 1.86 bits per heavy atom. The lowest BCUT2D eigenvalue weighted by atomic mass is 10.1. The summed E-state index contributed by atoms with van der Waals surface area (Å²) < 4.78 is 25.3. The first-order valence-electron chi connectivity index (χ1n) is 8.37. The van der Waals surface area contributed by atoms with Gasteiger partial charge in [0.2, 0.25) is 0 Å². The van der Waals surface area contributed by atoms with Crippen LogP contribution < -0.4 is 10.1 Å². The van der Waals surface area contributed by atoms with Gasteiger partial charge in [-0.1, -0.05) is 22.9 Å². The molecule has 1 N–H and O–H groups in total. The van der Waals surface area contributed by atoms with Gasteiger partial charge in [0.25, 0.3) is 5.91 Å². The number of hydrogen-bond acceptors (Lipinski definition) is 4. The number of aromatic nitrogens is 1. The van der Waals surface area contributed by atoms with E-state index in [0.29, 0.717) is 26.0 Å². The molecule has 0 aliphatic carbocycles. The Morgan fingerprint density at radius 1 is 1.18 bits per heavy atom. The maximum absolute atomic E-state index is 13.4. The van der Waals surface area contributed by atoms with E-state index in [1.54, 1.807) is 6.92 Å². The van der Waals surface area contributed by atoms with E-state index in [2.05, 4.69) is 42.3 Å². The molecule has 0 radical (unpaired) electrons. The van der Waals surface area contributed by atoms with Gasteiger partial charge in [-0.25, -0.2) is 4.39 Å². The van der Waals surface area contributed by atoms with Gasteiger partial charge in [0, 0.05) is 8.95 Å². The molecular formula is C20H17Br2FN2O3. The summed E-state index contributed by atoms with van der Waals surface area (Å²) in [4.78, 5) is 12.7. The number of aryl methyl sites for hydroxylation is 3. The van der Waals surface area contributed by atoms with E-state index in [1.807, 2.05) is 32.0 Å². The minimum atomic E-state index is -0.482. The zero-order valence-electron chi connectivity index (χ0n) is 15.4. The predicted octanol–water partition coefficient (Wildman–Crippen LogP) is 6.10. The molecule has 0 saturated carbocycles. The molecule has 0 aliphatic heterocycles. The Morgan fingerprint density at radius 3 is 2.50 bits per heavy atom. The third-order valence-electron chi connectivity index (χ3n) is 4.15. The van der Waals surface area contributed by atoms with Crippen molar-refractivity contribution < 1.29 is 18.4 Å². The minimum Gasteiger partial charge on any atom is -0.488 e. The van der Waals surface area contributed by atoms with E-state index in [0.717, 1.165) is 16.9 Å². The molecule has 0 saturated heterocycles. The number of carbonyl (C=O) groups is 1. The van der Waals surface area contributed by atoms with Gasteiger partial charge >= 0.3 is 0 Å². The molecule has 0 fully saturated rings. The SMILES string of the molecule is Cc1ccc(OCc2c(C(=O)Nc3c(Br)cc(F)cc3Br)noc2C)c(C)c1. The first kappa shape index (κ1) is 20.5. The number of benzene rings is 2. The van der Waals surface area contributed by atoms with Gasteiger partial charge in [-0.2, -0.15) is 0 Å². The van der Waals surface area contributed by atoms with Crippen molar-refractivity contribution >= 4 is 43.5 Å². The molecule has 0 bridgehead atoms. The second kappa shape index (κ2) is 8.45. The standard InChI is InChI=1S/C20H17Br2FN2O3/c1-10-4-5-17(11(2)6-10)27-9-14-12(3)28-25-18(14)20(26)24-19-15(21)7-13(23)8-16(19)22/h4-8H,9H2,1-3H3,(H,24,26). The van der Waals surface area contributed by atoms with Crippen LogP contribution in [0.25, 0.3) is 0 Å². The Bertz CT molecular complexity index is 1030. The largest absolute Gasteiger partial charge is 0.488 e. The molecule has 3 rings (SSSR count). The van der Waals surface area contributed by atoms with E-state index in [1.165, 1.54) is 12.1 Å². The second-order valence-corrected chi connectivity index (χ2v) is 8.03. The molecule has 1 heterocycles. The highest BCUT2D eigenvalue weighted by molar-refractivity contribution is 9.11. The lowest BCUT2D eigenvalue weighted by Crippen LogP contribution is -2.16. The molecule has 2 aromatic carbocycles. The Hall–Kier alpha value is -2.19. The summed E-state index contributed by atoms with van der Waals surface area (Å²) in [5.41, 5.74) is 3.20. The summed E-state index contributed by atoms with van der Waals surface area (Å²) >= 11 is 6.49. The topological polar surface area (TPSA) is 64.4 Å². The zero-order chi connectivity index (χ0) is 20.4. The molecule has 1 aromatic heterocycles. The maximum atomic E-state index is 13.4. The smallest absolute Gasteiger partial charge is 0.278 e. The van der Waals surface area contributed by atoms with Crippen LogP contribution in [0.5, 0.6) is 5.75 Å². The first-order valence-corrected chi connectivity index (χ1v) is 9.96. The maximum Gasteiger partial charge on any atom is 0.278 e. The van der Waals surface area contributed by atoms with Crippen LogP contribution in [0.2, 0.25) is 0 Å². The van der Waals surface area contributed by atoms with Gasteiger partial charge in [-0.3, -0.25) is 4.79 Å². The summed E-state index contributed by atoms with van der Waals surface area (Å²) in [7, 11) is 0. The van der Waals surface area contributed by atoms with E-state index >= 15 is 0 Å². The third kappa shape index (κ3) is 4.44. The van der Waals surface area contributed by atoms with Crippen molar-refractivity contribution in [3.63, 3.8) is 0 Å². The molecule has 0 unspecified atom stereocenters. The number of halogens is 3. The number of carbonyl (C=O) groups excluding carboxylic acids is 1. The lowest BCUT2D eigenvalue weighted by Gasteiger charge is -2.11. The summed E-state index contributed by atoms with van der Waals surface area (Å²) in [6, 6.07) is 8.39. The highest BCUT2D eigenvalue weighted by Crippen LogP contribution is 2.32. The average molecular weight is 512 g/mol. The van der Waals surface area contributed by atoms with Gasteiger partial charge in [0.15, 0.2) is 5.69 Å². The van der Waals surface area contributed by atoms with Crippen LogP contribution in [0.3, 0.4) is 0 Å². The first-order chi connectivity index (χ1) is 13.3. The molecule has 3 aromatic rings. The fourth-order valence-corrected chi connectivity index (χ4v) is 4.01. The van der Waals surface area contributed by atoms with Gasteiger partial charge in [0.05, 0.1) is 11.3 Å². The zero-order valence-corrected chi connectivity index (χ0v) is 18.6. The number of anilines is 1. The van der Waals surface area contributed by atoms with Crippen LogP contribution in [0.4, 0.5) is 10.1 Å². The van der Waals surface area contributed by atoms with E-state index < -0.39 is 11.7 Å². The van der Waals surface area contributed by atoms with Crippen molar-refractivity contribution in [1.29, 1.82) is 0 Å². The number of ether oxygens (including phenoxy) is 1. The van der Waals surface area contributed by atoms with Crippen molar-refractivity contribution in [1.82, 2.24) is 5.16 Å². The molecule has 0 atom stereocenters. The Balaban J connectivity index is 1.81. The van der Waals surface area contributed by atoms with Crippen molar-refractivity contribution in [2.45, 2.75) is 27.4 Å². The van der Waals surface area contributed by atoms with Gasteiger partial charge in [-0.15, -0.1) is 0 Å². The van der Waals surface area contributed by atoms with Crippen LogP contribution in [0.15, 0.2) is 43.8 Å². The molecule has 28 heavy (non-hydrogen) atoms. The predicted molar refractivity (Wildman–Crippen MR) is 111 cm³/mol. The normalized spacial score (nSPS) is 10.8. The Kier molecular flexibility index (Phi) is 6.20. The van der Waals surface area contributed by atoms with Crippen LogP contribution >= 0.6 is 31.9 Å². The minimum absolute atomic E-state index is 0.116. The molecule has 1 amide bonds. The van der Waals surface area contributed by atoms with Crippen LogP contribution in [0, 0.1) is 26.6 Å². The van der Waals surface area contributed by atoms with E-state index in [9.17, 15) is 9.18 Å². The van der Waals surface area contributed by atoms with Crippen LogP contribution in [-0.4, -0.2) is 11.1 Å². The van der Waals surface area contributed by atoms with E-state index in [-0.39, 0.29) is 12.3 Å². The van der Waals surface area contributed by atoms with Crippen molar-refractivity contribution in [3.05, 3.63) is 73.2 Å². The van der Waals surface area contributed by atoms with Crippen LogP contribution in [0.1, 0.15) is 32.9 Å². The summed E-state index contributed by atoms with van der Waals surface area (Å²) in [5, 5.41) is 6.58.